The van der Waals surface area contributed by atoms with Crippen LogP contribution in [0.1, 0.15) is 21.6 Å². The van der Waals surface area contributed by atoms with Crippen molar-refractivity contribution in [1.29, 1.82) is 0 Å². The van der Waals surface area contributed by atoms with Crippen LogP contribution in [0, 0.1) is 12.7 Å². The first-order valence-electron chi connectivity index (χ1n) is 5.98. The largest absolute Gasteiger partial charge is 0.389 e. The Bertz CT molecular complexity index is 786. The van der Waals surface area contributed by atoms with E-state index < -0.39 is 17.2 Å². The lowest BCUT2D eigenvalue weighted by molar-refractivity contribution is 0.102. The predicted octanol–water partition coefficient (Wildman–Crippen LogP) is 1.71. The molecule has 21 heavy (non-hydrogen) atoms. The van der Waals surface area contributed by atoms with Crippen LogP contribution in [-0.4, -0.2) is 15.9 Å². The van der Waals surface area contributed by atoms with Crippen LogP contribution in [0.2, 0.25) is 0 Å². The fraction of sp³-hybridized carbons (Fsp3) is 0.0714. The van der Waals surface area contributed by atoms with Gasteiger partial charge in [0.05, 0.1) is 0 Å². The summed E-state index contributed by atoms with van der Waals surface area (Å²) in [5.41, 5.74) is 5.92. The molecule has 0 aliphatic rings. The van der Waals surface area contributed by atoms with E-state index in [0.717, 1.165) is 6.07 Å². The first kappa shape index (κ1) is 14.9. The van der Waals surface area contributed by atoms with Crippen LogP contribution in [-0.2, 0) is 0 Å². The van der Waals surface area contributed by atoms with Crippen LogP contribution in [0.15, 0.2) is 35.3 Å². The SMILES string of the molecule is Cc1cc(=O)c(C(=O)Nc2ccc(F)c(C(N)=S)c2)c[nH]1. The number of amides is 1. The summed E-state index contributed by atoms with van der Waals surface area (Å²) in [6, 6.07) is 5.14. The topological polar surface area (TPSA) is 88.0 Å². The van der Waals surface area contributed by atoms with Gasteiger partial charge < -0.3 is 16.0 Å². The molecule has 0 atom stereocenters. The zero-order chi connectivity index (χ0) is 15.6. The van der Waals surface area contributed by atoms with Crippen molar-refractivity contribution in [3.05, 3.63) is 63.3 Å². The van der Waals surface area contributed by atoms with Gasteiger partial charge in [0.1, 0.15) is 16.4 Å². The summed E-state index contributed by atoms with van der Waals surface area (Å²) in [5, 5.41) is 2.50. The molecule has 1 aromatic heterocycles. The van der Waals surface area contributed by atoms with Gasteiger partial charge in [-0.05, 0) is 25.1 Å². The number of aryl methyl sites for hydroxylation is 1. The van der Waals surface area contributed by atoms with E-state index in [2.05, 4.69) is 10.3 Å². The lowest BCUT2D eigenvalue weighted by Gasteiger charge is -2.07. The predicted molar refractivity (Wildman–Crippen MR) is 82.0 cm³/mol. The van der Waals surface area contributed by atoms with Crippen LogP contribution in [0.5, 0.6) is 0 Å². The number of carbonyl (C=O) groups is 1. The van der Waals surface area contributed by atoms with E-state index in [1.807, 2.05) is 0 Å². The van der Waals surface area contributed by atoms with Crippen LogP contribution < -0.4 is 16.5 Å². The summed E-state index contributed by atoms with van der Waals surface area (Å²) in [7, 11) is 0. The van der Waals surface area contributed by atoms with E-state index in [9.17, 15) is 14.0 Å². The minimum Gasteiger partial charge on any atom is -0.389 e. The molecule has 0 aliphatic heterocycles. The van der Waals surface area contributed by atoms with Gasteiger partial charge in [-0.2, -0.15) is 0 Å². The highest BCUT2D eigenvalue weighted by Crippen LogP contribution is 2.15. The Morgan fingerprint density at radius 2 is 2.05 bits per heavy atom. The summed E-state index contributed by atoms with van der Waals surface area (Å²) in [5.74, 6) is -1.18. The number of hydrogen-bond donors (Lipinski definition) is 3. The Kier molecular flexibility index (Phi) is 4.13. The number of thiocarbonyl (C=S) groups is 1. The molecule has 0 saturated heterocycles. The summed E-state index contributed by atoms with van der Waals surface area (Å²) in [6.07, 6.45) is 1.32. The first-order chi connectivity index (χ1) is 9.88. The van der Waals surface area contributed by atoms with E-state index in [-0.39, 0.29) is 16.1 Å². The maximum Gasteiger partial charge on any atom is 0.261 e. The van der Waals surface area contributed by atoms with Crippen molar-refractivity contribution in [2.24, 2.45) is 5.73 Å². The van der Waals surface area contributed by atoms with Crippen molar-refractivity contribution in [3.63, 3.8) is 0 Å². The second-order valence-corrected chi connectivity index (χ2v) is 4.85. The molecule has 5 nitrogen and oxygen atoms in total. The number of nitrogens with two attached hydrogens (primary N) is 1. The van der Waals surface area contributed by atoms with Gasteiger partial charge in [0.15, 0.2) is 5.43 Å². The third-order valence-electron chi connectivity index (χ3n) is 2.79. The minimum absolute atomic E-state index is 0.0283. The number of rotatable bonds is 3. The molecule has 7 heteroatoms. The highest BCUT2D eigenvalue weighted by Gasteiger charge is 2.12. The van der Waals surface area contributed by atoms with Gasteiger partial charge in [0, 0.05) is 29.2 Å². The standard InChI is InChI=1S/C14H12FN3O2S/c1-7-4-12(19)10(6-17-7)14(20)18-8-2-3-11(15)9(5-8)13(16)21/h2-6H,1H3,(H2,16,21)(H,17,19)(H,18,20). The van der Waals surface area contributed by atoms with Crippen molar-refractivity contribution in [1.82, 2.24) is 4.98 Å². The van der Waals surface area contributed by atoms with Crippen LogP contribution in [0.3, 0.4) is 0 Å². The molecule has 0 unspecified atom stereocenters. The normalized spacial score (nSPS) is 10.2. The van der Waals surface area contributed by atoms with Gasteiger partial charge in [0.25, 0.3) is 5.91 Å². The number of pyridine rings is 1. The maximum absolute atomic E-state index is 13.5. The molecular formula is C14H12FN3O2S. The zero-order valence-electron chi connectivity index (χ0n) is 11.1. The van der Waals surface area contributed by atoms with E-state index in [4.69, 9.17) is 18.0 Å². The molecule has 1 amide bonds. The maximum atomic E-state index is 13.5. The molecule has 0 radical (unpaired) electrons. The van der Waals surface area contributed by atoms with Crippen molar-refractivity contribution in [2.75, 3.05) is 5.32 Å². The number of hydrogen-bond acceptors (Lipinski definition) is 3. The summed E-state index contributed by atoms with van der Waals surface area (Å²) in [4.78, 5) is 26.4. The molecule has 108 valence electrons. The highest BCUT2D eigenvalue weighted by atomic mass is 32.1. The summed E-state index contributed by atoms with van der Waals surface area (Å²) >= 11 is 4.72. The molecule has 2 aromatic rings. The fourth-order valence-electron chi connectivity index (χ4n) is 1.74. The summed E-state index contributed by atoms with van der Waals surface area (Å²) < 4.78 is 13.5. The van der Waals surface area contributed by atoms with Crippen molar-refractivity contribution in [2.45, 2.75) is 6.92 Å². The van der Waals surface area contributed by atoms with Gasteiger partial charge in [-0.3, -0.25) is 9.59 Å². The van der Waals surface area contributed by atoms with E-state index in [1.54, 1.807) is 6.92 Å². The van der Waals surface area contributed by atoms with E-state index in [1.165, 1.54) is 24.4 Å². The number of carbonyl (C=O) groups excluding carboxylic acids is 1. The second-order valence-electron chi connectivity index (χ2n) is 4.41. The fourth-order valence-corrected chi connectivity index (χ4v) is 1.90. The first-order valence-corrected chi connectivity index (χ1v) is 6.39. The van der Waals surface area contributed by atoms with E-state index in [0.29, 0.717) is 11.4 Å². The highest BCUT2D eigenvalue weighted by molar-refractivity contribution is 7.80. The number of aromatic nitrogens is 1. The zero-order valence-corrected chi connectivity index (χ0v) is 11.9. The van der Waals surface area contributed by atoms with Gasteiger partial charge in [0.2, 0.25) is 0 Å². The average Bonchev–Trinajstić information content (AvgIpc) is 2.40. The van der Waals surface area contributed by atoms with Gasteiger partial charge in [-0.1, -0.05) is 12.2 Å². The van der Waals surface area contributed by atoms with Crippen LogP contribution in [0.4, 0.5) is 10.1 Å². The molecular weight excluding hydrogens is 293 g/mol. The molecule has 4 N–H and O–H groups in total. The minimum atomic E-state index is -0.600. The smallest absolute Gasteiger partial charge is 0.261 e. The Morgan fingerprint density at radius 1 is 1.33 bits per heavy atom. The molecule has 0 saturated carbocycles. The quantitative estimate of drug-likeness (QED) is 0.753. The van der Waals surface area contributed by atoms with Crippen molar-refractivity contribution >= 4 is 28.8 Å². The number of benzene rings is 1. The third-order valence-corrected chi connectivity index (χ3v) is 3.01. The van der Waals surface area contributed by atoms with Gasteiger partial charge in [-0.25, -0.2) is 4.39 Å². The number of nitrogens with one attached hydrogen (secondary N) is 2. The van der Waals surface area contributed by atoms with Crippen molar-refractivity contribution in [3.8, 4) is 0 Å². The molecule has 0 spiro atoms. The number of H-pyrrole nitrogens is 1. The Hall–Kier alpha value is -2.54. The number of anilines is 1. The molecule has 0 aliphatic carbocycles. The lowest BCUT2D eigenvalue weighted by Crippen LogP contribution is -2.22. The molecule has 0 fully saturated rings. The monoisotopic (exact) mass is 305 g/mol. The average molecular weight is 305 g/mol. The number of aromatic amines is 1. The lowest BCUT2D eigenvalue weighted by atomic mass is 10.1. The molecule has 1 heterocycles. The third kappa shape index (κ3) is 3.32. The van der Waals surface area contributed by atoms with Gasteiger partial charge >= 0.3 is 0 Å². The Morgan fingerprint density at radius 3 is 2.67 bits per heavy atom. The van der Waals surface area contributed by atoms with Gasteiger partial charge in [-0.15, -0.1) is 0 Å². The second kappa shape index (κ2) is 5.84. The van der Waals surface area contributed by atoms with Crippen molar-refractivity contribution < 1.29 is 9.18 Å². The Balaban J connectivity index is 2.29. The molecule has 2 rings (SSSR count). The molecule has 1 aromatic carbocycles. The van der Waals surface area contributed by atoms with Crippen LogP contribution >= 0.6 is 12.2 Å². The van der Waals surface area contributed by atoms with Crippen LogP contribution in [0.25, 0.3) is 0 Å². The van der Waals surface area contributed by atoms with E-state index >= 15 is 0 Å². The number of halogens is 1. The molecule has 0 bridgehead atoms. The Labute approximate surface area is 125 Å². The summed E-state index contributed by atoms with van der Waals surface area (Å²) in [6.45, 7) is 1.71.